The van der Waals surface area contributed by atoms with Gasteiger partial charge in [-0.3, -0.25) is 9.78 Å². The maximum atomic E-state index is 12.5. The van der Waals surface area contributed by atoms with Crippen LogP contribution in [0.5, 0.6) is 0 Å². The molecule has 2 atom stereocenters. The van der Waals surface area contributed by atoms with Crippen LogP contribution in [0.4, 0.5) is 0 Å². The van der Waals surface area contributed by atoms with Crippen LogP contribution in [-0.2, 0) is 4.74 Å². The molecule has 0 radical (unpaired) electrons. The van der Waals surface area contributed by atoms with Gasteiger partial charge in [0.25, 0.3) is 5.91 Å². The summed E-state index contributed by atoms with van der Waals surface area (Å²) in [6.07, 6.45) is 6.69. The zero-order valence-electron chi connectivity index (χ0n) is 11.5. The number of hydrogen-bond donors (Lipinski definition) is 0. The molecular formula is C15H18N2O3. The number of methoxy groups -OCH3 is 1. The summed E-state index contributed by atoms with van der Waals surface area (Å²) in [5.41, 5.74) is 0.783. The molecule has 1 aliphatic carbocycles. The summed E-state index contributed by atoms with van der Waals surface area (Å²) >= 11 is 0. The minimum absolute atomic E-state index is 0.0300. The molecule has 2 aliphatic rings. The lowest BCUT2D eigenvalue weighted by atomic mass is 10.0. The highest BCUT2D eigenvalue weighted by molar-refractivity contribution is 5.97. The summed E-state index contributed by atoms with van der Waals surface area (Å²) < 4.78 is 4.65. The summed E-state index contributed by atoms with van der Waals surface area (Å²) in [7, 11) is 1.32. The van der Waals surface area contributed by atoms with Gasteiger partial charge >= 0.3 is 5.97 Å². The van der Waals surface area contributed by atoms with E-state index in [1.807, 2.05) is 4.90 Å². The predicted molar refractivity (Wildman–Crippen MR) is 72.3 cm³/mol. The third kappa shape index (κ3) is 2.28. The van der Waals surface area contributed by atoms with Crippen LogP contribution >= 0.6 is 0 Å². The Morgan fingerprint density at radius 1 is 1.20 bits per heavy atom. The van der Waals surface area contributed by atoms with Crippen molar-refractivity contribution in [3.8, 4) is 0 Å². The Morgan fingerprint density at radius 3 is 2.50 bits per heavy atom. The fraction of sp³-hybridized carbons (Fsp3) is 0.533. The van der Waals surface area contributed by atoms with Gasteiger partial charge in [-0.15, -0.1) is 0 Å². The van der Waals surface area contributed by atoms with Crippen LogP contribution in [0, 0.1) is 11.8 Å². The van der Waals surface area contributed by atoms with Crippen LogP contribution < -0.4 is 0 Å². The van der Waals surface area contributed by atoms with Crippen LogP contribution in [0.3, 0.4) is 0 Å². The normalized spacial score (nSPS) is 24.6. The second kappa shape index (κ2) is 5.23. The lowest BCUT2D eigenvalue weighted by Gasteiger charge is -2.17. The van der Waals surface area contributed by atoms with Crippen LogP contribution in [0.25, 0.3) is 0 Å². The number of nitrogens with zero attached hydrogens (tertiary/aromatic N) is 2. The van der Waals surface area contributed by atoms with Crippen molar-refractivity contribution >= 4 is 11.9 Å². The zero-order valence-corrected chi connectivity index (χ0v) is 11.5. The number of likely N-dealkylation sites (tertiary alicyclic amines) is 1. The number of carbonyl (C=O) groups is 2. The molecule has 106 valence electrons. The van der Waals surface area contributed by atoms with Crippen molar-refractivity contribution in [2.24, 2.45) is 11.8 Å². The molecule has 1 aromatic rings. The average molecular weight is 274 g/mol. The summed E-state index contributed by atoms with van der Waals surface area (Å²) in [4.78, 5) is 29.8. The molecule has 1 aromatic heterocycles. The molecule has 2 fully saturated rings. The summed E-state index contributed by atoms with van der Waals surface area (Å²) in [6, 6.07) is 1.56. The van der Waals surface area contributed by atoms with E-state index in [1.54, 1.807) is 6.07 Å². The Balaban J connectivity index is 1.76. The van der Waals surface area contributed by atoms with Crippen molar-refractivity contribution in [2.75, 3.05) is 20.2 Å². The Labute approximate surface area is 117 Å². The SMILES string of the molecule is COC(=O)c1cncc(C(=O)N2C[C@H]3CCC[C@H]3C2)c1. The molecular weight excluding hydrogens is 256 g/mol. The highest BCUT2D eigenvalue weighted by atomic mass is 16.5. The number of amides is 1. The van der Waals surface area contributed by atoms with Crippen LogP contribution in [0.2, 0.25) is 0 Å². The minimum Gasteiger partial charge on any atom is -0.465 e. The molecule has 0 unspecified atom stereocenters. The molecule has 5 nitrogen and oxygen atoms in total. The number of carbonyl (C=O) groups excluding carboxylic acids is 2. The molecule has 1 saturated heterocycles. The van der Waals surface area contributed by atoms with E-state index in [1.165, 1.54) is 38.8 Å². The number of hydrogen-bond acceptors (Lipinski definition) is 4. The lowest BCUT2D eigenvalue weighted by Crippen LogP contribution is -2.29. The molecule has 0 spiro atoms. The number of pyridine rings is 1. The minimum atomic E-state index is -0.467. The molecule has 5 heteroatoms. The molecule has 0 N–H and O–H groups in total. The van der Waals surface area contributed by atoms with E-state index in [2.05, 4.69) is 9.72 Å². The number of aromatic nitrogens is 1. The van der Waals surface area contributed by atoms with Gasteiger partial charge in [0.1, 0.15) is 0 Å². The van der Waals surface area contributed by atoms with E-state index in [-0.39, 0.29) is 5.91 Å². The summed E-state index contributed by atoms with van der Waals surface area (Å²) in [5.74, 6) is 0.828. The third-order valence-corrected chi connectivity index (χ3v) is 4.42. The second-order valence-electron chi connectivity index (χ2n) is 5.62. The first-order valence-electron chi connectivity index (χ1n) is 7.01. The number of esters is 1. The number of rotatable bonds is 2. The first kappa shape index (κ1) is 13.1. The van der Waals surface area contributed by atoms with Gasteiger partial charge in [-0.25, -0.2) is 4.79 Å². The van der Waals surface area contributed by atoms with E-state index < -0.39 is 5.97 Å². The molecule has 1 amide bonds. The quantitative estimate of drug-likeness (QED) is 0.771. The number of fused-ring (bicyclic) bond motifs is 1. The van der Waals surface area contributed by atoms with Crippen molar-refractivity contribution in [3.63, 3.8) is 0 Å². The van der Waals surface area contributed by atoms with E-state index in [4.69, 9.17) is 0 Å². The van der Waals surface area contributed by atoms with Crippen LogP contribution in [0.15, 0.2) is 18.5 Å². The molecule has 2 heterocycles. The van der Waals surface area contributed by atoms with Crippen molar-refractivity contribution in [3.05, 3.63) is 29.6 Å². The van der Waals surface area contributed by atoms with Crippen LogP contribution in [0.1, 0.15) is 40.0 Å². The Morgan fingerprint density at radius 2 is 1.85 bits per heavy atom. The van der Waals surface area contributed by atoms with Gasteiger partial charge in [0.2, 0.25) is 0 Å². The fourth-order valence-electron chi connectivity index (χ4n) is 3.37. The summed E-state index contributed by atoms with van der Waals surface area (Å²) in [5, 5.41) is 0. The molecule has 0 aromatic carbocycles. The standard InChI is InChI=1S/C15H18N2O3/c1-20-15(19)13-5-12(6-16-7-13)14(18)17-8-10-3-2-4-11(10)9-17/h5-7,10-11H,2-4,8-9H2,1H3/t10-,11+. The van der Waals surface area contributed by atoms with Crippen molar-refractivity contribution < 1.29 is 14.3 Å². The van der Waals surface area contributed by atoms with Gasteiger partial charge < -0.3 is 9.64 Å². The van der Waals surface area contributed by atoms with Crippen molar-refractivity contribution in [1.29, 1.82) is 0 Å². The van der Waals surface area contributed by atoms with E-state index in [0.29, 0.717) is 23.0 Å². The second-order valence-corrected chi connectivity index (χ2v) is 5.62. The first-order valence-corrected chi connectivity index (χ1v) is 7.01. The molecule has 0 bridgehead atoms. The van der Waals surface area contributed by atoms with E-state index in [9.17, 15) is 9.59 Å². The van der Waals surface area contributed by atoms with Gasteiger partial charge in [-0.2, -0.15) is 0 Å². The van der Waals surface area contributed by atoms with Gasteiger partial charge in [0.15, 0.2) is 0 Å². The predicted octanol–water partition coefficient (Wildman–Crippen LogP) is 1.74. The molecule has 20 heavy (non-hydrogen) atoms. The maximum Gasteiger partial charge on any atom is 0.339 e. The zero-order chi connectivity index (χ0) is 14.1. The molecule has 1 aliphatic heterocycles. The first-order chi connectivity index (χ1) is 9.69. The van der Waals surface area contributed by atoms with Gasteiger partial charge in [-0.05, 0) is 30.7 Å². The van der Waals surface area contributed by atoms with Gasteiger partial charge in [0, 0.05) is 25.5 Å². The van der Waals surface area contributed by atoms with Gasteiger partial charge in [0.05, 0.1) is 18.2 Å². The largest absolute Gasteiger partial charge is 0.465 e. The monoisotopic (exact) mass is 274 g/mol. The highest BCUT2D eigenvalue weighted by Crippen LogP contribution is 2.38. The third-order valence-electron chi connectivity index (χ3n) is 4.42. The Bertz CT molecular complexity index is 532. The van der Waals surface area contributed by atoms with E-state index >= 15 is 0 Å². The van der Waals surface area contributed by atoms with E-state index in [0.717, 1.165) is 13.1 Å². The highest BCUT2D eigenvalue weighted by Gasteiger charge is 2.38. The fourth-order valence-corrected chi connectivity index (χ4v) is 3.37. The van der Waals surface area contributed by atoms with Crippen molar-refractivity contribution in [1.82, 2.24) is 9.88 Å². The van der Waals surface area contributed by atoms with Crippen LogP contribution in [-0.4, -0.2) is 42.0 Å². The number of ether oxygens (including phenoxy) is 1. The van der Waals surface area contributed by atoms with Crippen molar-refractivity contribution in [2.45, 2.75) is 19.3 Å². The van der Waals surface area contributed by atoms with Gasteiger partial charge in [-0.1, -0.05) is 6.42 Å². The Hall–Kier alpha value is -1.91. The topological polar surface area (TPSA) is 59.5 Å². The lowest BCUT2D eigenvalue weighted by molar-refractivity contribution is 0.0600. The maximum absolute atomic E-state index is 12.5. The average Bonchev–Trinajstić information content (AvgIpc) is 3.07. The Kier molecular flexibility index (Phi) is 3.42. The molecule has 3 rings (SSSR count). The molecule has 1 saturated carbocycles. The summed E-state index contributed by atoms with van der Waals surface area (Å²) in [6.45, 7) is 1.68. The smallest absolute Gasteiger partial charge is 0.339 e.